The lowest BCUT2D eigenvalue weighted by Crippen LogP contribution is -2.38. The number of rotatable bonds is 9. The van der Waals surface area contributed by atoms with E-state index in [-0.39, 0.29) is 18.4 Å². The smallest absolute Gasteiger partial charge is 0.260 e. The molecule has 0 aromatic heterocycles. The van der Waals surface area contributed by atoms with Crippen molar-refractivity contribution >= 4 is 11.8 Å². The highest BCUT2D eigenvalue weighted by molar-refractivity contribution is 5.94. The summed E-state index contributed by atoms with van der Waals surface area (Å²) in [7, 11) is 0. The normalized spacial score (nSPS) is 13.5. The van der Waals surface area contributed by atoms with E-state index in [9.17, 15) is 9.59 Å². The molecule has 3 rings (SSSR count). The van der Waals surface area contributed by atoms with Crippen LogP contribution in [0.4, 0.5) is 0 Å². The van der Waals surface area contributed by atoms with Gasteiger partial charge in [0.05, 0.1) is 6.61 Å². The molecule has 2 amide bonds. The lowest BCUT2D eigenvalue weighted by Gasteiger charge is -2.26. The molecule has 1 heterocycles. The second-order valence-electron chi connectivity index (χ2n) is 7.76. The van der Waals surface area contributed by atoms with Crippen LogP contribution in [-0.2, 0) is 11.2 Å². The first kappa shape index (κ1) is 22.7. The maximum Gasteiger partial charge on any atom is 0.260 e. The third-order valence-corrected chi connectivity index (χ3v) is 5.51. The standard InChI is InChI=1S/C25H32N2O4/c1-3-30-23-17-21(25(29)26-14-13-20-10-6-5-9-19(20)2)11-12-22(23)31-18-24(28)27-15-7-4-8-16-27/h5-6,9-12,17H,3-4,7-8,13-16,18H2,1-2H3,(H,26,29). The number of amides is 2. The minimum absolute atomic E-state index is 0.0137. The van der Waals surface area contributed by atoms with Crippen LogP contribution in [0.3, 0.4) is 0 Å². The van der Waals surface area contributed by atoms with Crippen molar-refractivity contribution in [1.29, 1.82) is 0 Å². The minimum atomic E-state index is -0.162. The summed E-state index contributed by atoms with van der Waals surface area (Å²) in [4.78, 5) is 26.8. The zero-order chi connectivity index (χ0) is 22.1. The van der Waals surface area contributed by atoms with E-state index in [2.05, 4.69) is 24.4 Å². The molecule has 1 aliphatic rings. The molecular weight excluding hydrogens is 392 g/mol. The Hall–Kier alpha value is -3.02. The Balaban J connectivity index is 1.57. The van der Waals surface area contributed by atoms with Crippen LogP contribution < -0.4 is 14.8 Å². The van der Waals surface area contributed by atoms with E-state index in [0.29, 0.717) is 30.2 Å². The maximum absolute atomic E-state index is 12.6. The van der Waals surface area contributed by atoms with Crippen molar-refractivity contribution in [3.63, 3.8) is 0 Å². The molecule has 1 saturated heterocycles. The Kier molecular flexibility index (Phi) is 8.33. The van der Waals surface area contributed by atoms with Gasteiger partial charge in [0, 0.05) is 25.2 Å². The van der Waals surface area contributed by atoms with E-state index in [1.807, 2.05) is 24.0 Å². The minimum Gasteiger partial charge on any atom is -0.490 e. The summed E-state index contributed by atoms with van der Waals surface area (Å²) < 4.78 is 11.4. The molecule has 0 radical (unpaired) electrons. The number of carbonyl (C=O) groups is 2. The Bertz CT molecular complexity index is 891. The third-order valence-electron chi connectivity index (χ3n) is 5.51. The summed E-state index contributed by atoms with van der Waals surface area (Å²) in [6, 6.07) is 13.2. The number of aryl methyl sites for hydroxylation is 1. The van der Waals surface area contributed by atoms with Crippen molar-refractivity contribution < 1.29 is 19.1 Å². The fourth-order valence-electron chi connectivity index (χ4n) is 3.71. The van der Waals surface area contributed by atoms with Gasteiger partial charge >= 0.3 is 0 Å². The van der Waals surface area contributed by atoms with Gasteiger partial charge in [0.2, 0.25) is 0 Å². The number of ether oxygens (including phenoxy) is 2. The Morgan fingerprint density at radius 3 is 2.52 bits per heavy atom. The van der Waals surface area contributed by atoms with Crippen molar-refractivity contribution in [2.75, 3.05) is 32.8 Å². The van der Waals surface area contributed by atoms with Crippen LogP contribution >= 0.6 is 0 Å². The number of nitrogens with one attached hydrogen (secondary N) is 1. The van der Waals surface area contributed by atoms with Crippen molar-refractivity contribution in [3.05, 3.63) is 59.2 Å². The summed E-state index contributed by atoms with van der Waals surface area (Å²) in [5.74, 6) is 0.773. The number of piperidine rings is 1. The summed E-state index contributed by atoms with van der Waals surface area (Å²) in [5.41, 5.74) is 2.94. The molecule has 0 aliphatic carbocycles. The van der Waals surface area contributed by atoms with E-state index < -0.39 is 0 Å². The van der Waals surface area contributed by atoms with Gasteiger partial charge in [-0.3, -0.25) is 9.59 Å². The van der Waals surface area contributed by atoms with Crippen molar-refractivity contribution in [2.45, 2.75) is 39.5 Å². The summed E-state index contributed by atoms with van der Waals surface area (Å²) in [5, 5.41) is 2.96. The van der Waals surface area contributed by atoms with Gasteiger partial charge in [0.25, 0.3) is 11.8 Å². The van der Waals surface area contributed by atoms with E-state index >= 15 is 0 Å². The first-order chi connectivity index (χ1) is 15.1. The molecule has 1 N–H and O–H groups in total. The van der Waals surface area contributed by atoms with Crippen LogP contribution in [0.1, 0.15) is 47.7 Å². The first-order valence-electron chi connectivity index (χ1n) is 11.1. The number of carbonyl (C=O) groups excluding carboxylic acids is 2. The molecule has 1 aliphatic heterocycles. The Morgan fingerprint density at radius 2 is 1.77 bits per heavy atom. The molecule has 1 fully saturated rings. The van der Waals surface area contributed by atoms with Gasteiger partial charge in [-0.1, -0.05) is 24.3 Å². The molecule has 2 aromatic carbocycles. The zero-order valence-corrected chi connectivity index (χ0v) is 18.5. The van der Waals surface area contributed by atoms with Crippen LogP contribution in [-0.4, -0.2) is 49.6 Å². The highest BCUT2D eigenvalue weighted by atomic mass is 16.5. The van der Waals surface area contributed by atoms with Crippen LogP contribution in [0.15, 0.2) is 42.5 Å². The van der Waals surface area contributed by atoms with E-state index in [4.69, 9.17) is 9.47 Å². The number of hydrogen-bond acceptors (Lipinski definition) is 4. The molecule has 166 valence electrons. The molecule has 0 atom stereocenters. The molecule has 0 spiro atoms. The molecule has 6 heteroatoms. The fraction of sp³-hybridized carbons (Fsp3) is 0.440. The second-order valence-corrected chi connectivity index (χ2v) is 7.76. The predicted octanol–water partition coefficient (Wildman–Crippen LogP) is 3.76. The van der Waals surface area contributed by atoms with Gasteiger partial charge in [-0.2, -0.15) is 0 Å². The number of hydrogen-bond donors (Lipinski definition) is 1. The van der Waals surface area contributed by atoms with Crippen LogP contribution in [0, 0.1) is 6.92 Å². The zero-order valence-electron chi connectivity index (χ0n) is 18.5. The monoisotopic (exact) mass is 424 g/mol. The van der Waals surface area contributed by atoms with Gasteiger partial charge in [-0.25, -0.2) is 0 Å². The van der Waals surface area contributed by atoms with Gasteiger partial charge in [0.15, 0.2) is 18.1 Å². The average Bonchev–Trinajstić information content (AvgIpc) is 2.80. The average molecular weight is 425 g/mol. The van der Waals surface area contributed by atoms with Gasteiger partial charge in [0.1, 0.15) is 0 Å². The molecular formula is C25H32N2O4. The summed E-state index contributed by atoms with van der Waals surface area (Å²) in [6.07, 6.45) is 4.04. The highest BCUT2D eigenvalue weighted by Crippen LogP contribution is 2.28. The van der Waals surface area contributed by atoms with E-state index in [0.717, 1.165) is 32.4 Å². The molecule has 31 heavy (non-hydrogen) atoms. The van der Waals surface area contributed by atoms with Crippen molar-refractivity contribution in [1.82, 2.24) is 10.2 Å². The second kappa shape index (κ2) is 11.4. The van der Waals surface area contributed by atoms with Crippen LogP contribution in [0.5, 0.6) is 11.5 Å². The lowest BCUT2D eigenvalue weighted by molar-refractivity contribution is -0.134. The molecule has 2 aromatic rings. The summed E-state index contributed by atoms with van der Waals surface area (Å²) >= 11 is 0. The van der Waals surface area contributed by atoms with Crippen LogP contribution in [0.2, 0.25) is 0 Å². The van der Waals surface area contributed by atoms with Crippen molar-refractivity contribution in [2.24, 2.45) is 0 Å². The van der Waals surface area contributed by atoms with E-state index in [1.165, 1.54) is 17.5 Å². The molecule has 0 bridgehead atoms. The number of likely N-dealkylation sites (tertiary alicyclic amines) is 1. The largest absolute Gasteiger partial charge is 0.490 e. The number of benzene rings is 2. The van der Waals surface area contributed by atoms with E-state index in [1.54, 1.807) is 18.2 Å². The first-order valence-corrected chi connectivity index (χ1v) is 11.1. The SMILES string of the molecule is CCOc1cc(C(=O)NCCc2ccccc2C)ccc1OCC(=O)N1CCCCC1. The molecule has 0 unspecified atom stereocenters. The quantitative estimate of drug-likeness (QED) is 0.666. The number of nitrogens with zero attached hydrogens (tertiary/aromatic N) is 1. The molecule has 0 saturated carbocycles. The predicted molar refractivity (Wildman–Crippen MR) is 121 cm³/mol. The van der Waals surface area contributed by atoms with Gasteiger partial charge in [-0.05, 0) is 68.9 Å². The summed E-state index contributed by atoms with van der Waals surface area (Å²) in [6.45, 7) is 6.50. The Labute approximate surface area is 184 Å². The molecule has 6 nitrogen and oxygen atoms in total. The van der Waals surface area contributed by atoms with Crippen LogP contribution in [0.25, 0.3) is 0 Å². The topological polar surface area (TPSA) is 67.9 Å². The Morgan fingerprint density at radius 1 is 1.00 bits per heavy atom. The van der Waals surface area contributed by atoms with Gasteiger partial charge < -0.3 is 19.7 Å². The maximum atomic E-state index is 12.6. The van der Waals surface area contributed by atoms with Crippen molar-refractivity contribution in [3.8, 4) is 11.5 Å². The highest BCUT2D eigenvalue weighted by Gasteiger charge is 2.18. The third kappa shape index (κ3) is 6.48. The fourth-order valence-corrected chi connectivity index (χ4v) is 3.71. The van der Waals surface area contributed by atoms with Gasteiger partial charge in [-0.15, -0.1) is 0 Å². The lowest BCUT2D eigenvalue weighted by atomic mass is 10.1.